The maximum Gasteiger partial charge on any atom is 0.228 e. The van der Waals surface area contributed by atoms with Crippen LogP contribution in [0.2, 0.25) is 0 Å². The van der Waals surface area contributed by atoms with Crippen LogP contribution in [-0.4, -0.2) is 49.1 Å². The second-order valence-electron chi connectivity index (χ2n) is 7.35. The Labute approximate surface area is 163 Å². The largest absolute Gasteiger partial charge is 0.493 e. The van der Waals surface area contributed by atoms with E-state index in [4.69, 9.17) is 15.2 Å². The number of ether oxygens (including phenoxy) is 2. The lowest BCUT2D eigenvalue weighted by Crippen LogP contribution is -2.34. The van der Waals surface area contributed by atoms with E-state index in [-0.39, 0.29) is 11.9 Å². The second kappa shape index (κ2) is 7.48. The quantitative estimate of drug-likeness (QED) is 0.853. The Morgan fingerprint density at radius 2 is 2.07 bits per heavy atom. The molecule has 7 heteroatoms. The molecule has 2 heterocycles. The van der Waals surface area contributed by atoms with Gasteiger partial charge in [0.05, 0.1) is 26.3 Å². The number of carbonyl (C=O) groups is 1. The molecule has 4 rings (SSSR count). The van der Waals surface area contributed by atoms with Crippen LogP contribution in [0.4, 0.5) is 0 Å². The van der Waals surface area contributed by atoms with Crippen molar-refractivity contribution in [3.05, 3.63) is 29.3 Å². The number of carbonyl (C=O) groups excluding carboxylic acids is 1. The van der Waals surface area contributed by atoms with Crippen molar-refractivity contribution in [2.45, 2.75) is 25.3 Å². The van der Waals surface area contributed by atoms with Gasteiger partial charge in [-0.05, 0) is 42.9 Å². The second-order valence-corrected chi connectivity index (χ2v) is 8.21. The van der Waals surface area contributed by atoms with Crippen LogP contribution in [0.15, 0.2) is 23.6 Å². The first kappa shape index (κ1) is 18.3. The van der Waals surface area contributed by atoms with Gasteiger partial charge in [0.25, 0.3) is 0 Å². The molecular weight excluding hydrogens is 362 g/mol. The van der Waals surface area contributed by atoms with E-state index < -0.39 is 0 Å². The van der Waals surface area contributed by atoms with Crippen molar-refractivity contribution in [1.29, 1.82) is 0 Å². The van der Waals surface area contributed by atoms with Gasteiger partial charge in [-0.2, -0.15) is 0 Å². The number of amides is 1. The maximum absolute atomic E-state index is 12.7. The van der Waals surface area contributed by atoms with Crippen molar-refractivity contribution >= 4 is 17.2 Å². The molecule has 0 bridgehead atoms. The molecule has 0 radical (unpaired) electrons. The molecule has 0 spiro atoms. The lowest BCUT2D eigenvalue weighted by atomic mass is 9.98. The highest BCUT2D eigenvalue weighted by Gasteiger charge is 2.42. The number of likely N-dealkylation sites (tertiary alicyclic amines) is 1. The van der Waals surface area contributed by atoms with Gasteiger partial charge in [-0.1, -0.05) is 0 Å². The third-order valence-corrected chi connectivity index (χ3v) is 6.72. The van der Waals surface area contributed by atoms with Gasteiger partial charge in [-0.3, -0.25) is 4.79 Å². The number of benzene rings is 1. The van der Waals surface area contributed by atoms with Crippen molar-refractivity contribution in [2.24, 2.45) is 17.6 Å². The van der Waals surface area contributed by atoms with Gasteiger partial charge in [-0.15, -0.1) is 11.3 Å². The first-order chi connectivity index (χ1) is 13.1. The molecule has 1 saturated heterocycles. The SMILES string of the molecule is COc1ccc(-c2nc(CC(=O)N3CC4CCC(N)C4C3)cs2)cc1OC. The molecule has 1 aliphatic heterocycles. The van der Waals surface area contributed by atoms with Crippen LogP contribution < -0.4 is 15.2 Å². The average Bonchev–Trinajstić information content (AvgIpc) is 3.39. The Hall–Kier alpha value is -2.12. The Kier molecular flexibility index (Phi) is 5.06. The van der Waals surface area contributed by atoms with Crippen molar-refractivity contribution in [1.82, 2.24) is 9.88 Å². The molecule has 3 atom stereocenters. The number of fused-ring (bicyclic) bond motifs is 1. The van der Waals surface area contributed by atoms with E-state index in [1.54, 1.807) is 14.2 Å². The molecule has 6 nitrogen and oxygen atoms in total. The number of nitrogens with zero attached hydrogens (tertiary/aromatic N) is 2. The molecule has 1 aliphatic carbocycles. The first-order valence-electron chi connectivity index (χ1n) is 9.29. The lowest BCUT2D eigenvalue weighted by molar-refractivity contribution is -0.129. The summed E-state index contributed by atoms with van der Waals surface area (Å²) < 4.78 is 10.6. The monoisotopic (exact) mass is 387 g/mol. The van der Waals surface area contributed by atoms with E-state index in [9.17, 15) is 4.79 Å². The summed E-state index contributed by atoms with van der Waals surface area (Å²) in [6.07, 6.45) is 2.59. The van der Waals surface area contributed by atoms with Gasteiger partial charge in [-0.25, -0.2) is 4.98 Å². The van der Waals surface area contributed by atoms with Crippen molar-refractivity contribution < 1.29 is 14.3 Å². The highest BCUT2D eigenvalue weighted by atomic mass is 32.1. The zero-order chi connectivity index (χ0) is 19.0. The molecule has 1 aromatic heterocycles. The van der Waals surface area contributed by atoms with Crippen molar-refractivity contribution in [3.63, 3.8) is 0 Å². The van der Waals surface area contributed by atoms with Gasteiger partial charge >= 0.3 is 0 Å². The molecule has 2 N–H and O–H groups in total. The number of rotatable bonds is 5. The minimum absolute atomic E-state index is 0.153. The van der Waals surface area contributed by atoms with Gasteiger partial charge < -0.3 is 20.1 Å². The van der Waals surface area contributed by atoms with Crippen LogP contribution in [0.3, 0.4) is 0 Å². The van der Waals surface area contributed by atoms with Crippen LogP contribution in [0.1, 0.15) is 18.5 Å². The summed E-state index contributed by atoms with van der Waals surface area (Å²) in [6.45, 7) is 1.65. The number of aromatic nitrogens is 1. The van der Waals surface area contributed by atoms with Crippen molar-refractivity contribution in [2.75, 3.05) is 27.3 Å². The molecule has 1 aromatic carbocycles. The summed E-state index contributed by atoms with van der Waals surface area (Å²) in [6, 6.07) is 5.98. The molecule has 2 aromatic rings. The number of thiazole rings is 1. The molecule has 2 fully saturated rings. The van der Waals surface area contributed by atoms with Gasteiger partial charge in [0.2, 0.25) is 5.91 Å². The lowest BCUT2D eigenvalue weighted by Gasteiger charge is -2.18. The highest BCUT2D eigenvalue weighted by Crippen LogP contribution is 2.37. The summed E-state index contributed by atoms with van der Waals surface area (Å²) in [5.74, 6) is 2.57. The van der Waals surface area contributed by atoms with E-state index in [0.717, 1.165) is 42.2 Å². The fourth-order valence-corrected chi connectivity index (χ4v) is 5.08. The van der Waals surface area contributed by atoms with Crippen molar-refractivity contribution in [3.8, 4) is 22.1 Å². The zero-order valence-electron chi connectivity index (χ0n) is 15.7. The van der Waals surface area contributed by atoms with E-state index >= 15 is 0 Å². The normalized spacial score (nSPS) is 24.1. The van der Waals surface area contributed by atoms with Crippen LogP contribution >= 0.6 is 11.3 Å². The van der Waals surface area contributed by atoms with Crippen LogP contribution in [-0.2, 0) is 11.2 Å². The maximum atomic E-state index is 12.7. The Balaban J connectivity index is 1.43. The van der Waals surface area contributed by atoms with E-state index in [0.29, 0.717) is 29.8 Å². The van der Waals surface area contributed by atoms with Gasteiger partial charge in [0, 0.05) is 30.1 Å². The third-order valence-electron chi connectivity index (χ3n) is 5.78. The molecule has 3 unspecified atom stereocenters. The van der Waals surface area contributed by atoms with E-state index in [2.05, 4.69) is 4.98 Å². The van der Waals surface area contributed by atoms with Crippen LogP contribution in [0.5, 0.6) is 11.5 Å². The third kappa shape index (κ3) is 3.53. The number of hydrogen-bond donors (Lipinski definition) is 1. The van der Waals surface area contributed by atoms with E-state index in [1.165, 1.54) is 11.3 Å². The molecule has 1 saturated carbocycles. The predicted octanol–water partition coefficient (Wildman–Crippen LogP) is 2.57. The Morgan fingerprint density at radius 1 is 1.26 bits per heavy atom. The summed E-state index contributed by atoms with van der Waals surface area (Å²) in [4.78, 5) is 19.3. The molecule has 144 valence electrons. The van der Waals surface area contributed by atoms with E-state index in [1.807, 2.05) is 28.5 Å². The number of nitrogens with two attached hydrogens (primary N) is 1. The molecular formula is C20H25N3O3S. The first-order valence-corrected chi connectivity index (χ1v) is 10.2. The van der Waals surface area contributed by atoms with Crippen LogP contribution in [0, 0.1) is 11.8 Å². The minimum Gasteiger partial charge on any atom is -0.493 e. The molecule has 27 heavy (non-hydrogen) atoms. The number of hydrogen-bond acceptors (Lipinski definition) is 6. The minimum atomic E-state index is 0.153. The molecule has 2 aliphatic rings. The fourth-order valence-electron chi connectivity index (χ4n) is 4.27. The van der Waals surface area contributed by atoms with Gasteiger partial charge in [0.1, 0.15) is 5.01 Å². The zero-order valence-corrected chi connectivity index (χ0v) is 16.5. The fraction of sp³-hybridized carbons (Fsp3) is 0.500. The Bertz CT molecular complexity index is 838. The topological polar surface area (TPSA) is 77.7 Å². The van der Waals surface area contributed by atoms with Gasteiger partial charge in [0.15, 0.2) is 11.5 Å². The smallest absolute Gasteiger partial charge is 0.228 e. The summed E-state index contributed by atoms with van der Waals surface area (Å²) in [7, 11) is 3.23. The summed E-state index contributed by atoms with van der Waals surface area (Å²) in [5, 5.41) is 2.84. The summed E-state index contributed by atoms with van der Waals surface area (Å²) in [5.41, 5.74) is 7.95. The van der Waals surface area contributed by atoms with Crippen LogP contribution in [0.25, 0.3) is 10.6 Å². The number of methoxy groups -OCH3 is 2. The predicted molar refractivity (Wildman–Crippen MR) is 105 cm³/mol. The average molecular weight is 388 g/mol. The Morgan fingerprint density at radius 3 is 2.81 bits per heavy atom. The summed E-state index contributed by atoms with van der Waals surface area (Å²) >= 11 is 1.54. The highest BCUT2D eigenvalue weighted by molar-refractivity contribution is 7.13. The molecule has 1 amide bonds. The standard InChI is InChI=1S/C20H25N3O3S/c1-25-17-6-4-12(7-18(17)26-2)20-22-14(11-27-20)8-19(24)23-9-13-3-5-16(21)15(13)10-23/h4,6-7,11,13,15-16H,3,5,8-10,21H2,1-2H3.